The van der Waals surface area contributed by atoms with E-state index in [1.54, 1.807) is 32.2 Å². The Balaban J connectivity index is 1.59. The van der Waals surface area contributed by atoms with Crippen molar-refractivity contribution in [2.24, 2.45) is 0 Å². The van der Waals surface area contributed by atoms with Crippen LogP contribution in [0.15, 0.2) is 53.7 Å². The number of aromatic nitrogens is 3. The number of hydrogen-bond acceptors (Lipinski definition) is 5. The van der Waals surface area contributed by atoms with E-state index in [4.69, 9.17) is 4.74 Å². The molecule has 168 valence electrons. The van der Waals surface area contributed by atoms with Crippen LogP contribution >= 0.6 is 11.8 Å². The molecule has 3 aromatic rings. The van der Waals surface area contributed by atoms with E-state index in [2.05, 4.69) is 20.1 Å². The van der Waals surface area contributed by atoms with Crippen LogP contribution in [-0.4, -0.2) is 33.0 Å². The van der Waals surface area contributed by atoms with Gasteiger partial charge in [0.1, 0.15) is 11.6 Å². The molecule has 0 bridgehead atoms. The number of hydrogen-bond donors (Lipinski definition) is 1. The first-order chi connectivity index (χ1) is 15.6. The van der Waals surface area contributed by atoms with E-state index in [0.29, 0.717) is 11.2 Å². The van der Waals surface area contributed by atoms with Crippen molar-refractivity contribution >= 4 is 23.4 Å². The summed E-state index contributed by atoms with van der Waals surface area (Å²) >= 11 is 1.35. The highest BCUT2D eigenvalue weighted by Crippen LogP contribution is 2.37. The number of thioether (sulfide) groups is 1. The molecule has 1 aliphatic rings. The topological polar surface area (TPSA) is 69.0 Å². The maximum absolute atomic E-state index is 13.9. The van der Waals surface area contributed by atoms with Crippen molar-refractivity contribution < 1.29 is 13.9 Å². The first-order valence-corrected chi connectivity index (χ1v) is 11.8. The Kier molecular flexibility index (Phi) is 7.09. The van der Waals surface area contributed by atoms with Gasteiger partial charge in [-0.2, -0.15) is 0 Å². The van der Waals surface area contributed by atoms with Gasteiger partial charge in [-0.1, -0.05) is 43.2 Å². The summed E-state index contributed by atoms with van der Waals surface area (Å²) in [6, 6.07) is 14.2. The number of anilines is 1. The Labute approximate surface area is 191 Å². The Bertz CT molecular complexity index is 1060. The van der Waals surface area contributed by atoms with Gasteiger partial charge in [0.2, 0.25) is 5.91 Å². The zero-order valence-corrected chi connectivity index (χ0v) is 19.1. The van der Waals surface area contributed by atoms with Crippen LogP contribution in [0.1, 0.15) is 45.1 Å². The minimum atomic E-state index is -0.468. The number of rotatable bonds is 7. The molecule has 0 saturated heterocycles. The van der Waals surface area contributed by atoms with Crippen LogP contribution in [0.4, 0.5) is 10.1 Å². The van der Waals surface area contributed by atoms with Crippen molar-refractivity contribution in [3.8, 4) is 17.1 Å². The summed E-state index contributed by atoms with van der Waals surface area (Å²) < 4.78 is 21.4. The molecule has 1 aliphatic carbocycles. The lowest BCUT2D eigenvalue weighted by atomic mass is 9.95. The minimum absolute atomic E-state index is 0.178. The molecule has 1 amide bonds. The number of amides is 1. The average Bonchev–Trinajstić information content (AvgIpc) is 3.24. The maximum atomic E-state index is 13.9. The lowest BCUT2D eigenvalue weighted by Gasteiger charge is -2.26. The fourth-order valence-corrected chi connectivity index (χ4v) is 4.89. The molecule has 1 fully saturated rings. The number of carbonyl (C=O) groups excluding carboxylic acids is 1. The van der Waals surface area contributed by atoms with E-state index in [0.717, 1.165) is 30.0 Å². The van der Waals surface area contributed by atoms with Crippen molar-refractivity contribution in [3.05, 3.63) is 54.3 Å². The Morgan fingerprint density at radius 3 is 2.53 bits per heavy atom. The SMILES string of the molecule is COc1ccc(-c2nnc(SC(C)C(=O)Nc3ccccc3F)n2C2CCCCC2)cc1. The molecule has 0 spiro atoms. The summed E-state index contributed by atoms with van der Waals surface area (Å²) in [5.74, 6) is 0.851. The zero-order valence-electron chi connectivity index (χ0n) is 18.3. The molecule has 8 heteroatoms. The Hall–Kier alpha value is -2.87. The third-order valence-electron chi connectivity index (χ3n) is 5.74. The van der Waals surface area contributed by atoms with Gasteiger partial charge in [0.15, 0.2) is 11.0 Å². The van der Waals surface area contributed by atoms with E-state index in [9.17, 15) is 9.18 Å². The van der Waals surface area contributed by atoms with Crippen LogP contribution in [0.2, 0.25) is 0 Å². The molecule has 0 aliphatic heterocycles. The van der Waals surface area contributed by atoms with E-state index in [1.807, 2.05) is 24.3 Å². The third-order valence-corrected chi connectivity index (χ3v) is 6.79. The van der Waals surface area contributed by atoms with Crippen molar-refractivity contribution in [1.82, 2.24) is 14.8 Å². The highest BCUT2D eigenvalue weighted by atomic mass is 32.2. The predicted molar refractivity (Wildman–Crippen MR) is 124 cm³/mol. The Morgan fingerprint density at radius 2 is 1.84 bits per heavy atom. The molecule has 4 rings (SSSR count). The molecular weight excluding hydrogens is 427 g/mol. The van der Waals surface area contributed by atoms with Crippen LogP contribution in [0, 0.1) is 5.82 Å². The number of carbonyl (C=O) groups is 1. The number of benzene rings is 2. The molecule has 1 aromatic heterocycles. The standard InChI is InChI=1S/C24H27FN4O2S/c1-16(23(30)26-21-11-7-6-10-20(21)25)32-24-28-27-22(17-12-14-19(31-2)15-13-17)29(24)18-8-4-3-5-9-18/h6-7,10-16,18H,3-5,8-9H2,1-2H3,(H,26,30). The second-order valence-corrected chi connectivity index (χ2v) is 9.23. The Morgan fingerprint density at radius 1 is 1.12 bits per heavy atom. The minimum Gasteiger partial charge on any atom is -0.497 e. The largest absolute Gasteiger partial charge is 0.497 e. The lowest BCUT2D eigenvalue weighted by Crippen LogP contribution is -2.24. The van der Waals surface area contributed by atoms with Gasteiger partial charge in [-0.25, -0.2) is 4.39 Å². The molecule has 1 saturated carbocycles. The van der Waals surface area contributed by atoms with Gasteiger partial charge >= 0.3 is 0 Å². The van der Waals surface area contributed by atoms with Gasteiger partial charge in [0, 0.05) is 11.6 Å². The van der Waals surface area contributed by atoms with Crippen LogP contribution in [-0.2, 0) is 4.79 Å². The van der Waals surface area contributed by atoms with Gasteiger partial charge in [0.05, 0.1) is 18.0 Å². The molecule has 6 nitrogen and oxygen atoms in total. The average molecular weight is 455 g/mol. The van der Waals surface area contributed by atoms with Gasteiger partial charge < -0.3 is 10.1 Å². The van der Waals surface area contributed by atoms with E-state index < -0.39 is 11.1 Å². The lowest BCUT2D eigenvalue weighted by molar-refractivity contribution is -0.115. The molecule has 1 unspecified atom stereocenters. The van der Waals surface area contributed by atoms with E-state index in [1.165, 1.54) is 37.1 Å². The van der Waals surface area contributed by atoms with Crippen molar-refractivity contribution in [2.75, 3.05) is 12.4 Å². The number of ether oxygens (including phenoxy) is 1. The highest BCUT2D eigenvalue weighted by molar-refractivity contribution is 8.00. The second kappa shape index (κ2) is 10.2. The fourth-order valence-electron chi connectivity index (χ4n) is 3.97. The summed E-state index contributed by atoms with van der Waals surface area (Å²) in [6.45, 7) is 1.80. The van der Waals surface area contributed by atoms with Crippen LogP contribution in [0.3, 0.4) is 0 Å². The molecule has 2 aromatic carbocycles. The summed E-state index contributed by atoms with van der Waals surface area (Å²) in [6.07, 6.45) is 5.69. The van der Waals surface area contributed by atoms with Crippen LogP contribution < -0.4 is 10.1 Å². The number of halogens is 1. The maximum Gasteiger partial charge on any atom is 0.237 e. The highest BCUT2D eigenvalue weighted by Gasteiger charge is 2.26. The van der Waals surface area contributed by atoms with E-state index >= 15 is 0 Å². The summed E-state index contributed by atoms with van der Waals surface area (Å²) in [4.78, 5) is 12.7. The molecule has 32 heavy (non-hydrogen) atoms. The van der Waals surface area contributed by atoms with Crippen LogP contribution in [0.25, 0.3) is 11.4 Å². The molecular formula is C24H27FN4O2S. The smallest absolute Gasteiger partial charge is 0.237 e. The molecule has 1 atom stereocenters. The predicted octanol–water partition coefficient (Wildman–Crippen LogP) is 5.72. The van der Waals surface area contributed by atoms with Gasteiger partial charge in [-0.3, -0.25) is 9.36 Å². The third kappa shape index (κ3) is 4.96. The number of para-hydroxylation sites is 1. The van der Waals surface area contributed by atoms with Gasteiger partial charge in [-0.15, -0.1) is 10.2 Å². The monoisotopic (exact) mass is 454 g/mol. The van der Waals surface area contributed by atoms with Crippen molar-refractivity contribution in [3.63, 3.8) is 0 Å². The first-order valence-electron chi connectivity index (χ1n) is 10.9. The first kappa shape index (κ1) is 22.3. The number of methoxy groups -OCH3 is 1. The number of nitrogens with zero attached hydrogens (tertiary/aromatic N) is 3. The summed E-state index contributed by atoms with van der Waals surface area (Å²) in [5, 5.41) is 11.8. The summed E-state index contributed by atoms with van der Waals surface area (Å²) in [7, 11) is 1.64. The van der Waals surface area contributed by atoms with Crippen molar-refractivity contribution in [2.45, 2.75) is 55.5 Å². The fraction of sp³-hybridized carbons (Fsp3) is 0.375. The molecule has 0 radical (unpaired) electrons. The zero-order chi connectivity index (χ0) is 22.5. The second-order valence-electron chi connectivity index (χ2n) is 7.93. The van der Waals surface area contributed by atoms with Crippen molar-refractivity contribution in [1.29, 1.82) is 0 Å². The normalized spacial score (nSPS) is 15.3. The molecule has 1 heterocycles. The molecule has 1 N–H and O–H groups in total. The summed E-state index contributed by atoms with van der Waals surface area (Å²) in [5.41, 5.74) is 1.14. The van der Waals surface area contributed by atoms with E-state index in [-0.39, 0.29) is 11.6 Å². The number of nitrogens with one attached hydrogen (secondary N) is 1. The van der Waals surface area contributed by atoms with Crippen LogP contribution in [0.5, 0.6) is 5.75 Å². The van der Waals surface area contributed by atoms with Gasteiger partial charge in [-0.05, 0) is 56.2 Å². The van der Waals surface area contributed by atoms with Gasteiger partial charge in [0.25, 0.3) is 0 Å². The quantitative estimate of drug-likeness (QED) is 0.463.